The van der Waals surface area contributed by atoms with Crippen molar-refractivity contribution in [2.45, 2.75) is 13.3 Å². The summed E-state index contributed by atoms with van der Waals surface area (Å²) in [6, 6.07) is 0. The molecule has 0 atom stereocenters. The number of rotatable bonds is 2. The first kappa shape index (κ1) is 7.69. The molecule has 0 unspecified atom stereocenters. The highest BCUT2D eigenvalue weighted by Crippen LogP contribution is 1.86. The Morgan fingerprint density at radius 2 is 2.50 bits per heavy atom. The van der Waals surface area contributed by atoms with Crippen molar-refractivity contribution in [2.75, 3.05) is 7.05 Å². The van der Waals surface area contributed by atoms with Gasteiger partial charge >= 0.3 is 0 Å². The van der Waals surface area contributed by atoms with Crippen LogP contribution in [0.3, 0.4) is 0 Å². The van der Waals surface area contributed by atoms with Gasteiger partial charge in [-0.15, -0.1) is 0 Å². The van der Waals surface area contributed by atoms with Gasteiger partial charge in [-0.3, -0.25) is 0 Å². The Labute approximate surface area is 55.2 Å². The Hall–Kier alpha value is -0.310. The van der Waals surface area contributed by atoms with Gasteiger partial charge in [-0.05, 0) is 18.6 Å². The Morgan fingerprint density at radius 3 is 2.88 bits per heavy atom. The van der Waals surface area contributed by atoms with E-state index in [-0.39, 0.29) is 0 Å². The van der Waals surface area contributed by atoms with Crippen molar-refractivity contribution in [1.29, 1.82) is 0 Å². The molecule has 0 saturated heterocycles. The van der Waals surface area contributed by atoms with Crippen LogP contribution in [0.4, 0.5) is 0 Å². The van der Waals surface area contributed by atoms with Crippen molar-refractivity contribution in [3.63, 3.8) is 0 Å². The van der Waals surface area contributed by atoms with Crippen LogP contribution in [0, 0.1) is 6.61 Å². The highest BCUT2D eigenvalue weighted by molar-refractivity contribution is 7.80. The molecule has 47 valence electrons. The smallest absolute Gasteiger partial charge is 0.256 e. The Morgan fingerprint density at radius 1 is 1.88 bits per heavy atom. The Balaban J connectivity index is 2.99. The average Bonchev–Trinajstić information content (AvgIpc) is 1.83. The van der Waals surface area contributed by atoms with E-state index in [1.807, 2.05) is 6.92 Å². The van der Waals surface area contributed by atoms with Crippen LogP contribution in [0.2, 0.25) is 0 Å². The maximum absolute atomic E-state index is 4.84. The molecule has 0 heterocycles. The second-order valence-corrected chi connectivity index (χ2v) is 1.60. The minimum atomic E-state index is 0.423. The van der Waals surface area contributed by atoms with Crippen LogP contribution in [0.25, 0.3) is 0 Å². The van der Waals surface area contributed by atoms with Crippen molar-refractivity contribution in [3.05, 3.63) is 6.61 Å². The highest BCUT2D eigenvalue weighted by Gasteiger charge is 1.87. The van der Waals surface area contributed by atoms with Gasteiger partial charge in [0.05, 0.1) is 0 Å². The highest BCUT2D eigenvalue weighted by atomic mass is 32.1. The lowest BCUT2D eigenvalue weighted by atomic mass is 10.5. The third-order valence-corrected chi connectivity index (χ3v) is 0.862. The molecule has 0 aromatic carbocycles. The summed E-state index contributed by atoms with van der Waals surface area (Å²) in [5, 5.41) is 3.10. The van der Waals surface area contributed by atoms with Gasteiger partial charge < -0.3 is 10.1 Å². The predicted octanol–water partition coefficient (Wildman–Crippen LogP) is 1.08. The van der Waals surface area contributed by atoms with E-state index in [1.165, 1.54) is 0 Å². The summed E-state index contributed by atoms with van der Waals surface area (Å²) in [7, 11) is 1.73. The zero-order chi connectivity index (χ0) is 6.41. The van der Waals surface area contributed by atoms with Crippen molar-refractivity contribution >= 4 is 17.4 Å². The summed E-state index contributed by atoms with van der Waals surface area (Å²) in [6.45, 7) is 3.64. The summed E-state index contributed by atoms with van der Waals surface area (Å²) < 4.78 is 4.84. The van der Waals surface area contributed by atoms with E-state index in [4.69, 9.17) is 4.74 Å². The van der Waals surface area contributed by atoms with Crippen molar-refractivity contribution in [2.24, 2.45) is 0 Å². The SMILES string of the molecule is CC[CH]OC(=S)NC. The number of ether oxygens (including phenoxy) is 1. The van der Waals surface area contributed by atoms with E-state index in [0.29, 0.717) is 5.17 Å². The fraction of sp³-hybridized carbons (Fsp3) is 0.600. The summed E-state index contributed by atoms with van der Waals surface area (Å²) in [5.41, 5.74) is 0. The summed E-state index contributed by atoms with van der Waals surface area (Å²) in [6.07, 6.45) is 0.877. The molecule has 8 heavy (non-hydrogen) atoms. The fourth-order valence-corrected chi connectivity index (χ4v) is 0.286. The molecule has 1 N–H and O–H groups in total. The third-order valence-electron chi connectivity index (χ3n) is 0.561. The molecule has 3 heteroatoms. The van der Waals surface area contributed by atoms with Crippen LogP contribution in [0.5, 0.6) is 0 Å². The van der Waals surface area contributed by atoms with Crippen molar-refractivity contribution in [3.8, 4) is 0 Å². The first-order valence-corrected chi connectivity index (χ1v) is 2.92. The van der Waals surface area contributed by atoms with Crippen LogP contribution in [-0.2, 0) is 4.74 Å². The third kappa shape index (κ3) is 3.87. The van der Waals surface area contributed by atoms with Crippen LogP contribution in [0.15, 0.2) is 0 Å². The molecule has 0 aliphatic rings. The number of thiocarbonyl (C=S) groups is 1. The molecule has 0 saturated carbocycles. The molecule has 0 aromatic heterocycles. The number of nitrogens with one attached hydrogen (secondary N) is 1. The molecule has 0 bridgehead atoms. The molecule has 0 spiro atoms. The lowest BCUT2D eigenvalue weighted by molar-refractivity contribution is 0.381. The van der Waals surface area contributed by atoms with Crippen molar-refractivity contribution in [1.82, 2.24) is 5.32 Å². The monoisotopic (exact) mass is 132 g/mol. The van der Waals surface area contributed by atoms with Gasteiger partial charge in [0.15, 0.2) is 0 Å². The van der Waals surface area contributed by atoms with E-state index < -0.39 is 0 Å². The van der Waals surface area contributed by atoms with Gasteiger partial charge in [-0.25, -0.2) is 0 Å². The minimum Gasteiger partial charge on any atom is -0.464 e. The number of hydrogen-bond acceptors (Lipinski definition) is 2. The van der Waals surface area contributed by atoms with Gasteiger partial charge in [0, 0.05) is 7.05 Å². The molecule has 0 amide bonds. The topological polar surface area (TPSA) is 21.3 Å². The van der Waals surface area contributed by atoms with E-state index in [0.717, 1.165) is 6.42 Å². The predicted molar refractivity (Wildman–Crippen MR) is 37.3 cm³/mol. The quantitative estimate of drug-likeness (QED) is 0.568. The van der Waals surface area contributed by atoms with Crippen LogP contribution >= 0.6 is 12.2 Å². The molecular weight excluding hydrogens is 122 g/mol. The van der Waals surface area contributed by atoms with Crippen LogP contribution in [0.1, 0.15) is 13.3 Å². The van der Waals surface area contributed by atoms with Gasteiger partial charge in [-0.2, -0.15) is 0 Å². The maximum Gasteiger partial charge on any atom is 0.256 e. The maximum atomic E-state index is 4.84. The second kappa shape index (κ2) is 4.84. The van der Waals surface area contributed by atoms with Gasteiger partial charge in [0.2, 0.25) is 0 Å². The van der Waals surface area contributed by atoms with Crippen LogP contribution in [-0.4, -0.2) is 12.2 Å². The number of hydrogen-bond donors (Lipinski definition) is 1. The largest absolute Gasteiger partial charge is 0.464 e. The Kier molecular flexibility index (Phi) is 4.65. The zero-order valence-electron chi connectivity index (χ0n) is 5.10. The molecule has 0 aliphatic heterocycles. The lowest BCUT2D eigenvalue weighted by Gasteiger charge is -2.01. The van der Waals surface area contributed by atoms with Gasteiger partial charge in [-0.1, -0.05) is 6.92 Å². The van der Waals surface area contributed by atoms with E-state index >= 15 is 0 Å². The molecule has 0 aliphatic carbocycles. The molecule has 0 rings (SSSR count). The van der Waals surface area contributed by atoms with E-state index in [9.17, 15) is 0 Å². The first-order valence-electron chi connectivity index (χ1n) is 2.51. The summed E-state index contributed by atoms with van der Waals surface area (Å²) >= 11 is 4.66. The molecule has 0 aromatic rings. The van der Waals surface area contributed by atoms with Crippen LogP contribution < -0.4 is 5.32 Å². The molecule has 1 radical (unpaired) electrons. The molecular formula is C5H10NOS. The van der Waals surface area contributed by atoms with Crippen molar-refractivity contribution < 1.29 is 4.74 Å². The standard InChI is InChI=1S/C5H10NOS/c1-3-4-7-5(8)6-2/h4H,3H2,1-2H3,(H,6,8). The molecule has 2 nitrogen and oxygen atoms in total. The average molecular weight is 132 g/mol. The molecule has 0 fully saturated rings. The normalized spacial score (nSPS) is 8.25. The van der Waals surface area contributed by atoms with E-state index in [2.05, 4.69) is 17.5 Å². The second-order valence-electron chi connectivity index (χ2n) is 1.23. The van der Waals surface area contributed by atoms with Gasteiger partial charge in [0.1, 0.15) is 6.61 Å². The summed E-state index contributed by atoms with van der Waals surface area (Å²) in [5.74, 6) is 0. The fourth-order valence-electron chi connectivity index (χ4n) is 0.218. The minimum absolute atomic E-state index is 0.423. The summed E-state index contributed by atoms with van der Waals surface area (Å²) in [4.78, 5) is 0. The van der Waals surface area contributed by atoms with Gasteiger partial charge in [0.25, 0.3) is 5.17 Å². The first-order chi connectivity index (χ1) is 3.81. The van der Waals surface area contributed by atoms with E-state index in [1.54, 1.807) is 13.7 Å². The Bertz CT molecular complexity index is 74.8. The lowest BCUT2D eigenvalue weighted by Crippen LogP contribution is -2.17. The zero-order valence-corrected chi connectivity index (χ0v) is 5.92.